The number of rotatable bonds is 5. The van der Waals surface area contributed by atoms with Gasteiger partial charge in [0.2, 0.25) is 0 Å². The maximum atomic E-state index is 5.99. The fraction of sp³-hybridized carbons (Fsp3) is 0.200. The zero-order valence-electron chi connectivity index (χ0n) is 10.6. The molecule has 2 rings (SSSR count). The highest BCUT2D eigenvalue weighted by Crippen LogP contribution is 2.21. The van der Waals surface area contributed by atoms with Gasteiger partial charge in [0, 0.05) is 22.6 Å². The smallest absolute Gasteiger partial charge is 0.119 e. The van der Waals surface area contributed by atoms with Gasteiger partial charge in [0.05, 0.1) is 7.11 Å². The molecule has 1 N–H and O–H groups in total. The molecule has 0 unspecified atom stereocenters. The van der Waals surface area contributed by atoms with E-state index in [0.29, 0.717) is 0 Å². The van der Waals surface area contributed by atoms with E-state index in [9.17, 15) is 0 Å². The van der Waals surface area contributed by atoms with Gasteiger partial charge >= 0.3 is 0 Å². The third-order valence-corrected chi connectivity index (χ3v) is 3.80. The molecule has 2 aromatic carbocycles. The van der Waals surface area contributed by atoms with Crippen molar-refractivity contribution in [2.45, 2.75) is 13.1 Å². The minimum absolute atomic E-state index is 0.751. The molecule has 0 atom stereocenters. The standard InChI is InChI=1S/C15H15BrClNO/c1-19-14-4-2-3-11(7-14)9-18-10-12-8-13(17)5-6-15(12)16/h2-8,18H,9-10H2,1H3. The molecule has 0 saturated carbocycles. The van der Waals surface area contributed by atoms with E-state index in [-0.39, 0.29) is 0 Å². The van der Waals surface area contributed by atoms with Crippen LogP contribution in [0.2, 0.25) is 5.02 Å². The van der Waals surface area contributed by atoms with Gasteiger partial charge in [0.1, 0.15) is 5.75 Å². The predicted molar refractivity (Wildman–Crippen MR) is 82.7 cm³/mol. The first-order valence-electron chi connectivity index (χ1n) is 5.96. The topological polar surface area (TPSA) is 21.3 Å². The van der Waals surface area contributed by atoms with Gasteiger partial charge < -0.3 is 10.1 Å². The molecule has 0 saturated heterocycles. The molecule has 0 aromatic heterocycles. The first kappa shape index (κ1) is 14.4. The maximum Gasteiger partial charge on any atom is 0.119 e. The van der Waals surface area contributed by atoms with Crippen LogP contribution < -0.4 is 10.1 Å². The second-order valence-corrected chi connectivity index (χ2v) is 5.48. The first-order chi connectivity index (χ1) is 9.19. The Bertz CT molecular complexity index is 560. The minimum Gasteiger partial charge on any atom is -0.497 e. The van der Waals surface area contributed by atoms with Crippen molar-refractivity contribution in [3.8, 4) is 5.75 Å². The number of methoxy groups -OCH3 is 1. The van der Waals surface area contributed by atoms with Crippen molar-refractivity contribution in [1.29, 1.82) is 0 Å². The van der Waals surface area contributed by atoms with E-state index >= 15 is 0 Å². The largest absolute Gasteiger partial charge is 0.497 e. The van der Waals surface area contributed by atoms with Gasteiger partial charge in [0.25, 0.3) is 0 Å². The normalized spacial score (nSPS) is 10.5. The molecule has 2 aromatic rings. The Morgan fingerprint density at radius 3 is 2.79 bits per heavy atom. The van der Waals surface area contributed by atoms with Crippen LogP contribution in [0.1, 0.15) is 11.1 Å². The zero-order valence-corrected chi connectivity index (χ0v) is 13.0. The molecular formula is C15H15BrClNO. The van der Waals surface area contributed by atoms with Crippen molar-refractivity contribution >= 4 is 27.5 Å². The molecule has 100 valence electrons. The van der Waals surface area contributed by atoms with E-state index < -0.39 is 0 Å². The summed E-state index contributed by atoms with van der Waals surface area (Å²) < 4.78 is 6.27. The van der Waals surface area contributed by atoms with Crippen molar-refractivity contribution in [2.24, 2.45) is 0 Å². The van der Waals surface area contributed by atoms with E-state index in [0.717, 1.165) is 33.9 Å². The van der Waals surface area contributed by atoms with Crippen LogP contribution in [0, 0.1) is 0 Å². The number of hydrogen-bond acceptors (Lipinski definition) is 2. The Kier molecular flexibility index (Phi) is 5.25. The lowest BCUT2D eigenvalue weighted by molar-refractivity contribution is 0.414. The van der Waals surface area contributed by atoms with Gasteiger partial charge in [-0.1, -0.05) is 39.7 Å². The molecule has 0 spiro atoms. The Hall–Kier alpha value is -1.03. The summed E-state index contributed by atoms with van der Waals surface area (Å²) >= 11 is 9.51. The molecule has 0 aliphatic heterocycles. The maximum absolute atomic E-state index is 5.99. The molecular weight excluding hydrogens is 326 g/mol. The van der Waals surface area contributed by atoms with Gasteiger partial charge in [-0.25, -0.2) is 0 Å². The van der Waals surface area contributed by atoms with E-state index in [4.69, 9.17) is 16.3 Å². The van der Waals surface area contributed by atoms with Gasteiger partial charge in [-0.05, 0) is 41.5 Å². The van der Waals surface area contributed by atoms with Crippen LogP contribution in [0.4, 0.5) is 0 Å². The Labute approximate surface area is 126 Å². The lowest BCUT2D eigenvalue weighted by Gasteiger charge is -2.08. The van der Waals surface area contributed by atoms with Gasteiger partial charge in [-0.15, -0.1) is 0 Å². The van der Waals surface area contributed by atoms with Crippen LogP contribution in [-0.2, 0) is 13.1 Å². The summed E-state index contributed by atoms with van der Waals surface area (Å²) in [5.74, 6) is 0.878. The van der Waals surface area contributed by atoms with E-state index in [1.54, 1.807) is 7.11 Å². The number of nitrogens with one attached hydrogen (secondary N) is 1. The summed E-state index contributed by atoms with van der Waals surface area (Å²) in [6, 6.07) is 13.8. The van der Waals surface area contributed by atoms with Crippen LogP contribution in [0.25, 0.3) is 0 Å². The van der Waals surface area contributed by atoms with Crippen molar-refractivity contribution < 1.29 is 4.74 Å². The summed E-state index contributed by atoms with van der Waals surface area (Å²) in [6.45, 7) is 1.55. The number of hydrogen-bond donors (Lipinski definition) is 1. The average Bonchev–Trinajstić information content (AvgIpc) is 2.43. The quantitative estimate of drug-likeness (QED) is 0.871. The Morgan fingerprint density at radius 1 is 1.16 bits per heavy atom. The van der Waals surface area contributed by atoms with Crippen LogP contribution in [-0.4, -0.2) is 7.11 Å². The average molecular weight is 341 g/mol. The molecule has 19 heavy (non-hydrogen) atoms. The van der Waals surface area contributed by atoms with E-state index in [1.807, 2.05) is 36.4 Å². The third kappa shape index (κ3) is 4.23. The van der Waals surface area contributed by atoms with Crippen LogP contribution in [0.3, 0.4) is 0 Å². The van der Waals surface area contributed by atoms with Crippen LogP contribution in [0.15, 0.2) is 46.9 Å². The van der Waals surface area contributed by atoms with Crippen LogP contribution >= 0.6 is 27.5 Å². The monoisotopic (exact) mass is 339 g/mol. The molecule has 0 aliphatic rings. The lowest BCUT2D eigenvalue weighted by atomic mass is 10.2. The molecule has 0 aliphatic carbocycles. The minimum atomic E-state index is 0.751. The summed E-state index contributed by atoms with van der Waals surface area (Å²) in [7, 11) is 1.68. The molecule has 0 radical (unpaired) electrons. The number of ether oxygens (including phenoxy) is 1. The van der Waals surface area contributed by atoms with Crippen molar-refractivity contribution in [3.63, 3.8) is 0 Å². The highest BCUT2D eigenvalue weighted by Gasteiger charge is 2.01. The number of halogens is 2. The van der Waals surface area contributed by atoms with Crippen molar-refractivity contribution in [2.75, 3.05) is 7.11 Å². The molecule has 2 nitrogen and oxygen atoms in total. The molecule has 0 bridgehead atoms. The molecule has 0 amide bonds. The molecule has 4 heteroatoms. The van der Waals surface area contributed by atoms with Gasteiger partial charge in [0.15, 0.2) is 0 Å². The second kappa shape index (κ2) is 6.94. The third-order valence-electron chi connectivity index (χ3n) is 2.79. The summed E-state index contributed by atoms with van der Waals surface area (Å²) in [6.07, 6.45) is 0. The highest BCUT2D eigenvalue weighted by molar-refractivity contribution is 9.10. The summed E-state index contributed by atoms with van der Waals surface area (Å²) in [5.41, 5.74) is 2.34. The highest BCUT2D eigenvalue weighted by atomic mass is 79.9. The summed E-state index contributed by atoms with van der Waals surface area (Å²) in [5, 5.41) is 4.14. The van der Waals surface area contributed by atoms with Gasteiger partial charge in [-0.3, -0.25) is 0 Å². The Morgan fingerprint density at radius 2 is 2.00 bits per heavy atom. The van der Waals surface area contributed by atoms with Gasteiger partial charge in [-0.2, -0.15) is 0 Å². The fourth-order valence-electron chi connectivity index (χ4n) is 1.80. The SMILES string of the molecule is COc1cccc(CNCc2cc(Cl)ccc2Br)c1. The van der Waals surface area contributed by atoms with Crippen molar-refractivity contribution in [3.05, 3.63) is 63.1 Å². The lowest BCUT2D eigenvalue weighted by Crippen LogP contribution is -2.13. The fourth-order valence-corrected chi connectivity index (χ4v) is 2.38. The van der Waals surface area contributed by atoms with E-state index in [1.165, 1.54) is 5.56 Å². The molecule has 0 heterocycles. The predicted octanol–water partition coefficient (Wildman–Crippen LogP) is 4.40. The molecule has 0 fully saturated rings. The first-order valence-corrected chi connectivity index (χ1v) is 7.13. The van der Waals surface area contributed by atoms with E-state index in [2.05, 4.69) is 27.3 Å². The zero-order chi connectivity index (χ0) is 13.7. The van der Waals surface area contributed by atoms with Crippen molar-refractivity contribution in [1.82, 2.24) is 5.32 Å². The Balaban J connectivity index is 1.94. The second-order valence-electron chi connectivity index (χ2n) is 4.19. The van der Waals surface area contributed by atoms with Crippen LogP contribution in [0.5, 0.6) is 5.75 Å². The number of benzene rings is 2. The summed E-state index contributed by atoms with van der Waals surface area (Å²) in [4.78, 5) is 0.